The van der Waals surface area contributed by atoms with E-state index in [4.69, 9.17) is 10.5 Å². The van der Waals surface area contributed by atoms with Crippen LogP contribution in [0.1, 0.15) is 24.0 Å². The van der Waals surface area contributed by atoms with E-state index >= 15 is 0 Å². The number of piperidine rings is 1. The first-order valence-electron chi connectivity index (χ1n) is 11.8. The van der Waals surface area contributed by atoms with Gasteiger partial charge in [-0.2, -0.15) is 0 Å². The summed E-state index contributed by atoms with van der Waals surface area (Å²) in [4.78, 5) is 41.9. The molecule has 2 aromatic carbocycles. The molecule has 0 saturated carbocycles. The molecule has 0 aliphatic carbocycles. The number of para-hydroxylation sites is 1. The Balaban J connectivity index is 1.35. The maximum Gasteiger partial charge on any atom is 0.328 e. The Hall–Kier alpha value is -2.79. The number of carbonyl (C=O) groups excluding carboxylic acids is 3. The Morgan fingerprint density at radius 1 is 1.17 bits per heavy atom. The largest absolute Gasteiger partial charge is 0.467 e. The van der Waals surface area contributed by atoms with Crippen LogP contribution >= 0.6 is 31.9 Å². The van der Waals surface area contributed by atoms with E-state index < -0.39 is 12.0 Å². The molecule has 1 unspecified atom stereocenters. The van der Waals surface area contributed by atoms with Crippen molar-refractivity contribution in [3.05, 3.63) is 56.5 Å². The number of anilines is 2. The number of amides is 4. The molecule has 2 aliphatic rings. The number of fused-ring (bicyclic) bond motifs is 1. The molecule has 2 aromatic rings. The average molecular weight is 623 g/mol. The summed E-state index contributed by atoms with van der Waals surface area (Å²) in [5, 5.41) is 5.83. The third kappa shape index (κ3) is 5.95. The molecule has 2 heterocycles. The lowest BCUT2D eigenvalue weighted by atomic mass is 10.0. The minimum absolute atomic E-state index is 0.0456. The smallest absolute Gasteiger partial charge is 0.328 e. The van der Waals surface area contributed by atoms with E-state index in [0.29, 0.717) is 47.1 Å². The number of halogens is 2. The number of nitrogens with zero attached hydrogens (tertiary/aromatic N) is 2. The van der Waals surface area contributed by atoms with E-state index in [1.165, 1.54) is 7.11 Å². The van der Waals surface area contributed by atoms with Crippen LogP contribution in [0.5, 0.6) is 0 Å². The molecular formula is C25H29Br2N5O4. The molecule has 4 rings (SSSR count). The van der Waals surface area contributed by atoms with Crippen molar-refractivity contribution < 1.29 is 19.1 Å². The van der Waals surface area contributed by atoms with Crippen molar-refractivity contribution in [3.8, 4) is 0 Å². The average Bonchev–Trinajstić information content (AvgIpc) is 3.04. The number of benzene rings is 2. The number of rotatable bonds is 5. The number of likely N-dealkylation sites (tertiary alicyclic amines) is 1. The fraction of sp³-hybridized carbons (Fsp3) is 0.400. The first-order chi connectivity index (χ1) is 17.3. The van der Waals surface area contributed by atoms with Gasteiger partial charge in [-0.15, -0.1) is 0 Å². The molecule has 1 saturated heterocycles. The summed E-state index contributed by atoms with van der Waals surface area (Å²) >= 11 is 6.82. The maximum absolute atomic E-state index is 13.0. The van der Waals surface area contributed by atoms with E-state index in [0.717, 1.165) is 23.2 Å². The topological polar surface area (TPSA) is 117 Å². The Bertz CT molecular complexity index is 1130. The molecule has 1 atom stereocenters. The summed E-state index contributed by atoms with van der Waals surface area (Å²) < 4.78 is 6.33. The van der Waals surface area contributed by atoms with E-state index in [2.05, 4.69) is 42.5 Å². The molecule has 0 spiro atoms. The standard InChI is InChI=1S/C25H29Br2N5O4/c1-36-23(33)21(14-15-12-18(26)22(28)19(27)13-15)30-24(34)31-9-7-17(8-10-31)32-11-6-16-4-2-3-5-20(16)29-25(32)35/h2-5,12-13,17,21H,6-11,14,28H2,1H3,(H,29,35)(H,30,34). The number of nitrogens with one attached hydrogen (secondary N) is 2. The van der Waals surface area contributed by atoms with Gasteiger partial charge in [0.2, 0.25) is 0 Å². The number of carbonyl (C=O) groups is 3. The van der Waals surface area contributed by atoms with E-state index in [1.54, 1.807) is 4.90 Å². The number of methoxy groups -OCH3 is 1. The quantitative estimate of drug-likeness (QED) is 0.342. The zero-order chi connectivity index (χ0) is 25.8. The van der Waals surface area contributed by atoms with Crippen molar-refractivity contribution in [2.24, 2.45) is 0 Å². The molecule has 2 aliphatic heterocycles. The zero-order valence-corrected chi connectivity index (χ0v) is 23.1. The molecule has 9 nitrogen and oxygen atoms in total. The summed E-state index contributed by atoms with van der Waals surface area (Å²) in [6.45, 7) is 1.61. The van der Waals surface area contributed by atoms with Crippen LogP contribution < -0.4 is 16.4 Å². The molecule has 1 fully saturated rings. The highest BCUT2D eigenvalue weighted by molar-refractivity contribution is 9.11. The Kier molecular flexibility index (Phi) is 8.40. The number of hydrogen-bond donors (Lipinski definition) is 3. The normalized spacial score (nSPS) is 17.0. The van der Waals surface area contributed by atoms with Crippen LogP contribution in [0.25, 0.3) is 0 Å². The number of ether oxygens (including phenoxy) is 1. The number of nitrogens with two attached hydrogens (primary N) is 1. The molecule has 4 amide bonds. The first kappa shape index (κ1) is 26.3. The van der Waals surface area contributed by atoms with Gasteiger partial charge < -0.3 is 30.9 Å². The lowest BCUT2D eigenvalue weighted by Gasteiger charge is -2.38. The monoisotopic (exact) mass is 621 g/mol. The van der Waals surface area contributed by atoms with Gasteiger partial charge in [0.25, 0.3) is 0 Å². The predicted molar refractivity (Wildman–Crippen MR) is 145 cm³/mol. The van der Waals surface area contributed by atoms with Gasteiger partial charge >= 0.3 is 18.0 Å². The van der Waals surface area contributed by atoms with Gasteiger partial charge in [-0.1, -0.05) is 18.2 Å². The van der Waals surface area contributed by atoms with Gasteiger partial charge in [-0.05, 0) is 80.4 Å². The third-order valence-electron chi connectivity index (χ3n) is 6.70. The Morgan fingerprint density at radius 3 is 2.50 bits per heavy atom. The first-order valence-corrected chi connectivity index (χ1v) is 13.4. The van der Waals surface area contributed by atoms with Crippen LogP contribution in [-0.2, 0) is 22.4 Å². The summed E-state index contributed by atoms with van der Waals surface area (Å²) in [5.74, 6) is -0.525. The van der Waals surface area contributed by atoms with Crippen LogP contribution in [0.4, 0.5) is 21.0 Å². The minimum atomic E-state index is -0.850. The zero-order valence-electron chi connectivity index (χ0n) is 19.9. The minimum Gasteiger partial charge on any atom is -0.467 e. The predicted octanol–water partition coefficient (Wildman–Crippen LogP) is 4.14. The van der Waals surface area contributed by atoms with Crippen LogP contribution in [0.2, 0.25) is 0 Å². The lowest BCUT2D eigenvalue weighted by molar-refractivity contribution is -0.142. The highest BCUT2D eigenvalue weighted by Crippen LogP contribution is 2.30. The maximum atomic E-state index is 13.0. The van der Waals surface area contributed by atoms with E-state index in [1.807, 2.05) is 41.3 Å². The Morgan fingerprint density at radius 2 is 1.83 bits per heavy atom. The van der Waals surface area contributed by atoms with Crippen molar-refractivity contribution >= 4 is 61.3 Å². The van der Waals surface area contributed by atoms with Crippen molar-refractivity contribution in [3.63, 3.8) is 0 Å². The summed E-state index contributed by atoms with van der Waals surface area (Å²) in [6, 6.07) is 10.2. The highest BCUT2D eigenvalue weighted by Gasteiger charge is 2.32. The van der Waals surface area contributed by atoms with Crippen LogP contribution in [0.15, 0.2) is 45.3 Å². The highest BCUT2D eigenvalue weighted by atomic mass is 79.9. The molecule has 36 heavy (non-hydrogen) atoms. The summed E-state index contributed by atoms with van der Waals surface area (Å²) in [7, 11) is 1.30. The SMILES string of the molecule is COC(=O)C(Cc1cc(Br)c(N)c(Br)c1)NC(=O)N1CCC(N2CCc3ccccc3NC2=O)CC1. The van der Waals surface area contributed by atoms with Crippen molar-refractivity contribution in [1.29, 1.82) is 0 Å². The third-order valence-corrected chi connectivity index (χ3v) is 8.01. The lowest BCUT2D eigenvalue weighted by Crippen LogP contribution is -2.54. The molecule has 0 aromatic heterocycles. The van der Waals surface area contributed by atoms with Crippen LogP contribution in [0, 0.1) is 0 Å². The van der Waals surface area contributed by atoms with Gasteiger partial charge in [0.15, 0.2) is 0 Å². The fourth-order valence-corrected chi connectivity index (χ4v) is 5.97. The van der Waals surface area contributed by atoms with E-state index in [-0.39, 0.29) is 24.5 Å². The Labute approximate surface area is 227 Å². The van der Waals surface area contributed by atoms with Gasteiger partial charge in [-0.25, -0.2) is 14.4 Å². The second-order valence-corrected chi connectivity index (χ2v) is 10.7. The van der Waals surface area contributed by atoms with Crippen LogP contribution in [0.3, 0.4) is 0 Å². The van der Waals surface area contributed by atoms with Crippen molar-refractivity contribution in [2.75, 3.05) is 37.8 Å². The number of esters is 1. The molecule has 192 valence electrons. The molecule has 0 radical (unpaired) electrons. The molecule has 0 bridgehead atoms. The molecule has 11 heteroatoms. The van der Waals surface area contributed by atoms with Gasteiger partial charge in [-0.3, -0.25) is 0 Å². The fourth-order valence-electron chi connectivity index (χ4n) is 4.68. The number of urea groups is 2. The number of nitrogen functional groups attached to an aromatic ring is 1. The summed E-state index contributed by atoms with van der Waals surface area (Å²) in [6.07, 6.45) is 2.37. The van der Waals surface area contributed by atoms with Gasteiger partial charge in [0.1, 0.15) is 6.04 Å². The molecular weight excluding hydrogens is 594 g/mol. The second-order valence-electron chi connectivity index (χ2n) is 8.95. The van der Waals surface area contributed by atoms with Crippen molar-refractivity contribution in [1.82, 2.24) is 15.1 Å². The summed E-state index contributed by atoms with van der Waals surface area (Å²) in [5.41, 5.74) is 9.31. The van der Waals surface area contributed by atoms with Crippen molar-refractivity contribution in [2.45, 2.75) is 37.8 Å². The van der Waals surface area contributed by atoms with Gasteiger partial charge in [0.05, 0.1) is 12.8 Å². The molecule has 4 N–H and O–H groups in total. The van der Waals surface area contributed by atoms with Gasteiger partial charge in [0, 0.05) is 46.7 Å². The van der Waals surface area contributed by atoms with Crippen LogP contribution in [-0.4, -0.2) is 66.7 Å². The number of hydrogen-bond acceptors (Lipinski definition) is 5. The second kappa shape index (κ2) is 11.5. The van der Waals surface area contributed by atoms with E-state index in [9.17, 15) is 14.4 Å².